The molecule has 404 valence electrons. The van der Waals surface area contributed by atoms with E-state index in [0.29, 0.717) is 70.4 Å². The molecule has 4 N–H and O–H groups in total. The first-order valence-electron chi connectivity index (χ1n) is 26.8. The number of fused-ring (bicyclic) bond motifs is 2. The van der Waals surface area contributed by atoms with Crippen molar-refractivity contribution in [2.75, 3.05) is 86.3 Å². The number of hydrogen-bond donors (Lipinski definition) is 4. The Morgan fingerprint density at radius 2 is 1.56 bits per heavy atom. The smallest absolute Gasteiger partial charge is 0.305 e. The average molecular weight is 1110 g/mol. The van der Waals surface area contributed by atoms with Gasteiger partial charge in [0.1, 0.15) is 23.6 Å². The van der Waals surface area contributed by atoms with Crippen LogP contribution in [0.15, 0.2) is 131 Å². The Hall–Kier alpha value is -5.39. The molecule has 1 aliphatic carbocycles. The fraction of sp³-hybridized carbons (Fsp3) is 0.450. The number of nitrogens with one attached hydrogen (secondary N) is 2. The number of quaternary nitrogens is 1. The molecule has 0 aliphatic heterocycles. The van der Waals surface area contributed by atoms with Crippen LogP contribution in [-0.4, -0.2) is 127 Å². The predicted octanol–water partition coefficient (Wildman–Crippen LogP) is 6.94. The van der Waals surface area contributed by atoms with Crippen LogP contribution in [0.4, 0.5) is 0 Å². The molecule has 13 nitrogen and oxygen atoms in total. The van der Waals surface area contributed by atoms with E-state index in [-0.39, 0.29) is 39.4 Å². The molecule has 2 heterocycles. The van der Waals surface area contributed by atoms with Crippen LogP contribution < -0.4 is 31.9 Å². The normalized spacial score (nSPS) is 13.8. The topological polar surface area (TPSA) is 153 Å². The second-order valence-electron chi connectivity index (χ2n) is 20.1. The van der Waals surface area contributed by atoms with Crippen molar-refractivity contribution in [3.63, 3.8) is 0 Å². The lowest BCUT2D eigenvalue weighted by Gasteiger charge is -2.36. The molecular formula is C60H79BrN6O7S. The monoisotopic (exact) mass is 1110 g/mol. The lowest BCUT2D eigenvalue weighted by Crippen LogP contribution is -3.00. The number of thiazole rings is 1. The summed E-state index contributed by atoms with van der Waals surface area (Å²) < 4.78 is 19.6. The lowest BCUT2D eigenvalue weighted by molar-refractivity contribution is -0.904. The fourth-order valence-electron chi connectivity index (χ4n) is 10.1. The van der Waals surface area contributed by atoms with Gasteiger partial charge in [0.2, 0.25) is 11.8 Å². The van der Waals surface area contributed by atoms with Gasteiger partial charge in [-0.15, -0.1) is 0 Å². The van der Waals surface area contributed by atoms with Gasteiger partial charge in [-0.25, -0.2) is 4.98 Å². The first kappa shape index (κ1) is 58.9. The largest absolute Gasteiger partial charge is 1.00 e. The van der Waals surface area contributed by atoms with Crippen LogP contribution in [0.3, 0.4) is 0 Å². The summed E-state index contributed by atoms with van der Waals surface area (Å²) in [7, 11) is 4.38. The number of rotatable bonds is 27. The number of carbonyl (C=O) groups is 1. The number of phenols is 1. The van der Waals surface area contributed by atoms with Gasteiger partial charge in [0, 0.05) is 38.5 Å². The molecule has 1 atom stereocenters. The van der Waals surface area contributed by atoms with E-state index in [1.54, 1.807) is 12.3 Å². The summed E-state index contributed by atoms with van der Waals surface area (Å²) in [5.41, 5.74) is 2.48. The number of nitrogens with zero attached hydrogens (tertiary/aromatic N) is 4. The zero-order valence-electron chi connectivity index (χ0n) is 44.5. The zero-order chi connectivity index (χ0) is 52.2. The number of phenolic OH excluding ortho intramolecular Hbond substituents is 1. The van der Waals surface area contributed by atoms with Crippen molar-refractivity contribution in [2.45, 2.75) is 83.8 Å². The van der Waals surface area contributed by atoms with Crippen molar-refractivity contribution < 1.29 is 50.4 Å². The second kappa shape index (κ2) is 29.8. The highest BCUT2D eigenvalue weighted by atomic mass is 79.9. The average Bonchev–Trinajstić information content (AvgIpc) is 4.07. The van der Waals surface area contributed by atoms with Gasteiger partial charge in [0.25, 0.3) is 0 Å². The van der Waals surface area contributed by atoms with E-state index in [4.69, 9.17) is 13.9 Å². The number of aromatic nitrogens is 2. The molecule has 0 unspecified atom stereocenters. The van der Waals surface area contributed by atoms with E-state index in [9.17, 15) is 19.8 Å². The number of benzene rings is 5. The number of carbonyl (C=O) groups excluding carboxylic acids is 1. The Bertz CT molecular complexity index is 2830. The second-order valence-corrected chi connectivity index (χ2v) is 21.0. The van der Waals surface area contributed by atoms with Crippen LogP contribution in [0.25, 0.3) is 21.0 Å². The summed E-state index contributed by atoms with van der Waals surface area (Å²) in [6.07, 6.45) is 10.2. The molecule has 75 heavy (non-hydrogen) atoms. The van der Waals surface area contributed by atoms with E-state index >= 15 is 0 Å². The highest BCUT2D eigenvalue weighted by molar-refractivity contribution is 7.16. The van der Waals surface area contributed by atoms with Crippen LogP contribution in [0.2, 0.25) is 0 Å². The molecule has 2 aromatic heterocycles. The Balaban J connectivity index is 0.000000246. The molecular weight excluding hydrogens is 1030 g/mol. The van der Waals surface area contributed by atoms with Gasteiger partial charge in [0.15, 0.2) is 11.4 Å². The number of aromatic amines is 1. The van der Waals surface area contributed by atoms with Crippen molar-refractivity contribution in [1.29, 1.82) is 0 Å². The molecule has 0 saturated heterocycles. The Labute approximate surface area is 458 Å². The van der Waals surface area contributed by atoms with Gasteiger partial charge in [-0.05, 0) is 91.0 Å². The Morgan fingerprint density at radius 3 is 2.32 bits per heavy atom. The maximum Gasteiger partial charge on any atom is 0.305 e. The van der Waals surface area contributed by atoms with Crippen molar-refractivity contribution in [3.05, 3.63) is 159 Å². The predicted molar refractivity (Wildman–Crippen MR) is 298 cm³/mol. The van der Waals surface area contributed by atoms with Crippen LogP contribution in [-0.2, 0) is 34.5 Å². The van der Waals surface area contributed by atoms with Gasteiger partial charge in [-0.3, -0.25) is 9.59 Å². The number of hydrogen-bond acceptors (Lipinski definition) is 11. The number of likely N-dealkylation sites (N-methyl/N-ethyl adjacent to an activating group) is 1. The standard InChI is InChI=1S/C32H42N4O4S.C28H37N2O3.BrH/c1-3-35(4-2)20-21-36(19-18-33-17-14-26-12-13-28(37)30-31(26)41-32(39)34-30)29(38)16-23-40-22-15-25-10-7-9-24-8-5-6-11-27(24)25;1-30(2,19-12-20-32-25-17-10-5-11-18-25)22-26-21-29-27(33-26)28(31,23-13-6-3-7-14-23)24-15-8-4-9-16-24;/h5-13,33,37H,3-4,14-23H2,1-2H3,(H,34,39);3,5-7,10-11,13-14,17-18,21,24,31H,4,8-9,12,15-16,19-20,22H2,1-2H3;1H/q;+1;/p-1/t;28-;/m.0./s1. The van der Waals surface area contributed by atoms with E-state index in [1.807, 2.05) is 71.6 Å². The molecule has 0 spiro atoms. The van der Waals surface area contributed by atoms with Crippen molar-refractivity contribution >= 4 is 38.2 Å². The number of aromatic hydroxyl groups is 1. The van der Waals surface area contributed by atoms with Crippen molar-refractivity contribution in [1.82, 2.24) is 25.1 Å². The molecule has 7 aromatic rings. The van der Waals surface area contributed by atoms with E-state index in [1.165, 1.54) is 22.8 Å². The number of oxazole rings is 1. The van der Waals surface area contributed by atoms with Crippen LogP contribution in [0.5, 0.6) is 11.5 Å². The van der Waals surface area contributed by atoms with Crippen LogP contribution in [0, 0.1) is 5.92 Å². The van der Waals surface area contributed by atoms with Gasteiger partial charge in [-0.2, -0.15) is 0 Å². The minimum Gasteiger partial charge on any atom is -1.00 e. The third kappa shape index (κ3) is 17.1. The van der Waals surface area contributed by atoms with E-state index < -0.39 is 5.60 Å². The molecule has 1 fully saturated rings. The number of amides is 1. The molecule has 0 radical (unpaired) electrons. The first-order valence-corrected chi connectivity index (χ1v) is 27.6. The number of H-pyrrole nitrogens is 1. The van der Waals surface area contributed by atoms with Crippen LogP contribution >= 0.6 is 11.3 Å². The minimum atomic E-state index is -1.18. The molecule has 0 bridgehead atoms. The first-order chi connectivity index (χ1) is 36.0. The molecule has 5 aromatic carbocycles. The Morgan fingerprint density at radius 1 is 0.840 bits per heavy atom. The lowest BCUT2D eigenvalue weighted by atomic mass is 9.73. The molecule has 1 aliphatic rings. The maximum absolute atomic E-state index is 13.2. The van der Waals surface area contributed by atoms with Gasteiger partial charge in [-0.1, -0.05) is 142 Å². The summed E-state index contributed by atoms with van der Waals surface area (Å²) >= 11 is 1.12. The van der Waals surface area contributed by atoms with E-state index in [2.05, 4.69) is 90.6 Å². The third-order valence-electron chi connectivity index (χ3n) is 14.4. The van der Waals surface area contributed by atoms with Crippen LogP contribution in [0.1, 0.15) is 87.1 Å². The summed E-state index contributed by atoms with van der Waals surface area (Å²) in [5, 5.41) is 27.9. The molecule has 8 rings (SSSR count). The summed E-state index contributed by atoms with van der Waals surface area (Å²) in [5.74, 6) is 2.48. The Kier molecular flexibility index (Phi) is 23.4. The zero-order valence-corrected chi connectivity index (χ0v) is 46.9. The maximum atomic E-state index is 13.2. The molecule has 15 heteroatoms. The van der Waals surface area contributed by atoms with Crippen molar-refractivity contribution in [3.8, 4) is 11.5 Å². The number of ether oxygens (including phenoxy) is 2. The highest BCUT2D eigenvalue weighted by Crippen LogP contribution is 2.44. The van der Waals surface area contributed by atoms with E-state index in [0.717, 1.165) is 114 Å². The highest BCUT2D eigenvalue weighted by Gasteiger charge is 2.45. The SMILES string of the molecule is CCN(CC)CCN(CCNCCc1ccc(O)c2[nH]c(=O)sc12)C(=O)CCOCCc1cccc2ccccc12.C[N+](C)(CCCOc1ccccc1)Cc1cnc([C@](O)(c2ccccc2)C2CCCCC2)o1.[Br-]. The molecule has 1 saturated carbocycles. The number of aliphatic hydroxyl groups is 1. The summed E-state index contributed by atoms with van der Waals surface area (Å²) in [6, 6.07) is 38.1. The molecule has 1 amide bonds. The minimum absolute atomic E-state index is 0. The van der Waals surface area contributed by atoms with Gasteiger partial charge >= 0.3 is 4.87 Å². The third-order valence-corrected chi connectivity index (χ3v) is 15.3. The number of halogens is 1. The number of para-hydroxylation sites is 1. The quantitative estimate of drug-likeness (QED) is 0.0315. The van der Waals surface area contributed by atoms with Gasteiger partial charge in [0.05, 0.1) is 57.8 Å². The fourth-order valence-corrected chi connectivity index (χ4v) is 11.0. The van der Waals surface area contributed by atoms with Gasteiger partial charge < -0.3 is 65.7 Å². The summed E-state index contributed by atoms with van der Waals surface area (Å²) in [4.78, 5) is 36.3. The van der Waals surface area contributed by atoms with Crippen molar-refractivity contribution in [2.24, 2.45) is 5.92 Å². The summed E-state index contributed by atoms with van der Waals surface area (Å²) in [6.45, 7) is 13.1.